The number of aromatic amines is 1. The molecule has 0 radical (unpaired) electrons. The summed E-state index contributed by atoms with van der Waals surface area (Å²) in [5, 5.41) is 28.8. The van der Waals surface area contributed by atoms with E-state index in [0.717, 1.165) is 17.3 Å². The number of thioether (sulfide) groups is 1. The second-order valence-corrected chi connectivity index (χ2v) is 4.16. The predicted octanol–water partition coefficient (Wildman–Crippen LogP) is 3.00. The van der Waals surface area contributed by atoms with E-state index in [0.29, 0.717) is 10.6 Å². The number of thiocyanates is 1. The minimum atomic E-state index is 0.189. The Balaban J connectivity index is 2.70. The van der Waals surface area contributed by atoms with Crippen LogP contribution in [0.2, 0.25) is 0 Å². The van der Waals surface area contributed by atoms with E-state index in [1.54, 1.807) is 0 Å². The van der Waals surface area contributed by atoms with E-state index in [-0.39, 0.29) is 11.3 Å². The minimum absolute atomic E-state index is 0.189. The molecule has 84 valence electrons. The van der Waals surface area contributed by atoms with Crippen molar-refractivity contribution in [2.75, 3.05) is 0 Å². The zero-order valence-corrected chi connectivity index (χ0v) is 9.95. The van der Waals surface area contributed by atoms with Crippen molar-refractivity contribution in [1.29, 1.82) is 15.8 Å². The molecule has 0 spiro atoms. The van der Waals surface area contributed by atoms with Gasteiger partial charge in [-0.05, 0) is 17.3 Å². The summed E-state index contributed by atoms with van der Waals surface area (Å²) < 4.78 is 0. The molecule has 0 saturated carbocycles. The number of benzene rings is 1. The van der Waals surface area contributed by atoms with Crippen LogP contribution in [-0.4, -0.2) is 4.98 Å². The van der Waals surface area contributed by atoms with Crippen molar-refractivity contribution in [2.45, 2.75) is 4.90 Å². The van der Waals surface area contributed by atoms with E-state index < -0.39 is 0 Å². The Kier molecular flexibility index (Phi) is 3.34. The van der Waals surface area contributed by atoms with Crippen molar-refractivity contribution < 1.29 is 0 Å². The standard InChI is InChI=1S/C13H6N4S/c14-6-10-11(7-15)17-12(13(10)18-8-16)9-4-2-1-3-5-9/h1-5,17H. The van der Waals surface area contributed by atoms with Gasteiger partial charge in [0.25, 0.3) is 0 Å². The van der Waals surface area contributed by atoms with Gasteiger partial charge < -0.3 is 4.98 Å². The molecule has 0 amide bonds. The summed E-state index contributed by atoms with van der Waals surface area (Å²) in [6.45, 7) is 0. The maximum Gasteiger partial charge on any atom is 0.138 e. The Hall–Kier alpha value is -2.68. The maximum absolute atomic E-state index is 9.07. The fraction of sp³-hybridized carbons (Fsp3) is 0. The molecule has 4 nitrogen and oxygen atoms in total. The SMILES string of the molecule is N#CSc1c(-c2ccccc2)[nH]c(C#N)c1C#N. The predicted molar refractivity (Wildman–Crippen MR) is 67.1 cm³/mol. The summed E-state index contributed by atoms with van der Waals surface area (Å²) >= 11 is 0.885. The highest BCUT2D eigenvalue weighted by Gasteiger charge is 2.18. The Morgan fingerprint density at radius 2 is 1.72 bits per heavy atom. The number of nitrogens with zero attached hydrogens (tertiary/aromatic N) is 3. The van der Waals surface area contributed by atoms with E-state index in [2.05, 4.69) is 4.98 Å². The highest BCUT2D eigenvalue weighted by atomic mass is 32.2. The summed E-state index contributed by atoms with van der Waals surface area (Å²) in [5.74, 6) is 0. The molecule has 0 fully saturated rings. The van der Waals surface area contributed by atoms with Crippen LogP contribution in [0.1, 0.15) is 11.3 Å². The molecule has 1 aromatic heterocycles. The topological polar surface area (TPSA) is 87.2 Å². The van der Waals surface area contributed by atoms with Crippen LogP contribution in [0, 0.1) is 33.3 Å². The summed E-state index contributed by atoms with van der Waals surface area (Å²) in [7, 11) is 0. The zero-order chi connectivity index (χ0) is 13.0. The Morgan fingerprint density at radius 3 is 2.28 bits per heavy atom. The highest BCUT2D eigenvalue weighted by molar-refractivity contribution is 8.03. The second-order valence-electron chi connectivity index (χ2n) is 3.36. The molecule has 5 heteroatoms. The van der Waals surface area contributed by atoms with Gasteiger partial charge in [-0.1, -0.05) is 30.3 Å². The van der Waals surface area contributed by atoms with Crippen molar-refractivity contribution in [1.82, 2.24) is 4.98 Å². The molecule has 0 unspecified atom stereocenters. The summed E-state index contributed by atoms with van der Waals surface area (Å²) in [6, 6.07) is 13.2. The normalized spacial score (nSPS) is 9.17. The van der Waals surface area contributed by atoms with Gasteiger partial charge in [0, 0.05) is 0 Å². The van der Waals surface area contributed by atoms with Crippen molar-refractivity contribution in [3.05, 3.63) is 41.6 Å². The Morgan fingerprint density at radius 1 is 1.00 bits per heavy atom. The molecule has 18 heavy (non-hydrogen) atoms. The molecular weight excluding hydrogens is 244 g/mol. The lowest BCUT2D eigenvalue weighted by Gasteiger charge is -1.99. The number of hydrogen-bond acceptors (Lipinski definition) is 4. The van der Waals surface area contributed by atoms with E-state index >= 15 is 0 Å². The smallest absolute Gasteiger partial charge is 0.138 e. The number of rotatable bonds is 2. The molecule has 1 aromatic carbocycles. The van der Waals surface area contributed by atoms with E-state index in [1.165, 1.54) is 0 Å². The number of nitrogens with one attached hydrogen (secondary N) is 1. The molecule has 0 atom stereocenters. The molecule has 0 saturated heterocycles. The van der Waals surface area contributed by atoms with Crippen LogP contribution in [0.25, 0.3) is 11.3 Å². The van der Waals surface area contributed by atoms with E-state index in [9.17, 15) is 0 Å². The van der Waals surface area contributed by atoms with Gasteiger partial charge in [0.05, 0.1) is 10.6 Å². The van der Waals surface area contributed by atoms with Crippen LogP contribution < -0.4 is 0 Å². The van der Waals surface area contributed by atoms with Crippen LogP contribution >= 0.6 is 11.8 Å². The first-order valence-electron chi connectivity index (χ1n) is 4.99. The van der Waals surface area contributed by atoms with Gasteiger partial charge in [0.2, 0.25) is 0 Å². The summed E-state index contributed by atoms with van der Waals surface area (Å²) in [5.41, 5.74) is 1.89. The van der Waals surface area contributed by atoms with Crippen LogP contribution in [-0.2, 0) is 0 Å². The number of hydrogen-bond donors (Lipinski definition) is 1. The monoisotopic (exact) mass is 250 g/mol. The Labute approximate surface area is 108 Å². The maximum atomic E-state index is 9.07. The number of aromatic nitrogens is 1. The van der Waals surface area contributed by atoms with Crippen molar-refractivity contribution in [2.24, 2.45) is 0 Å². The largest absolute Gasteiger partial charge is 0.344 e. The zero-order valence-electron chi connectivity index (χ0n) is 9.14. The van der Waals surface area contributed by atoms with Gasteiger partial charge in [0.15, 0.2) is 0 Å². The molecule has 0 aliphatic heterocycles. The van der Waals surface area contributed by atoms with Gasteiger partial charge in [-0.25, -0.2) is 0 Å². The van der Waals surface area contributed by atoms with Crippen LogP contribution in [0.4, 0.5) is 0 Å². The molecule has 0 bridgehead atoms. The molecule has 1 N–H and O–H groups in total. The van der Waals surface area contributed by atoms with Crippen LogP contribution in [0.5, 0.6) is 0 Å². The fourth-order valence-corrected chi connectivity index (χ4v) is 2.24. The quantitative estimate of drug-likeness (QED) is 0.655. The third-order valence-corrected chi connectivity index (χ3v) is 3.09. The molecule has 2 rings (SSSR count). The number of H-pyrrole nitrogens is 1. The lowest BCUT2D eigenvalue weighted by atomic mass is 10.1. The summed E-state index contributed by atoms with van der Waals surface area (Å²) in [4.78, 5) is 3.40. The third-order valence-electron chi connectivity index (χ3n) is 2.39. The molecular formula is C13H6N4S. The first kappa shape index (κ1) is 11.8. The van der Waals surface area contributed by atoms with Crippen molar-refractivity contribution in [3.63, 3.8) is 0 Å². The van der Waals surface area contributed by atoms with E-state index in [1.807, 2.05) is 47.9 Å². The lowest BCUT2D eigenvalue weighted by Crippen LogP contribution is -1.79. The average Bonchev–Trinajstić information content (AvgIpc) is 2.78. The summed E-state index contributed by atoms with van der Waals surface area (Å²) in [6.07, 6.45) is 0. The molecule has 1 heterocycles. The lowest BCUT2D eigenvalue weighted by molar-refractivity contribution is 1.31. The molecule has 0 aliphatic rings. The van der Waals surface area contributed by atoms with Gasteiger partial charge >= 0.3 is 0 Å². The van der Waals surface area contributed by atoms with Crippen molar-refractivity contribution >= 4 is 11.8 Å². The fourth-order valence-electron chi connectivity index (χ4n) is 1.63. The average molecular weight is 250 g/mol. The third kappa shape index (κ3) is 1.94. The van der Waals surface area contributed by atoms with Gasteiger partial charge in [-0.2, -0.15) is 15.8 Å². The van der Waals surface area contributed by atoms with Crippen LogP contribution in [0.3, 0.4) is 0 Å². The molecule has 2 aromatic rings. The Bertz CT molecular complexity index is 696. The van der Waals surface area contributed by atoms with Crippen molar-refractivity contribution in [3.8, 4) is 28.8 Å². The second kappa shape index (κ2) is 5.10. The van der Waals surface area contributed by atoms with E-state index in [4.69, 9.17) is 15.8 Å². The highest BCUT2D eigenvalue weighted by Crippen LogP contribution is 2.35. The van der Waals surface area contributed by atoms with Gasteiger partial charge in [-0.15, -0.1) is 0 Å². The number of nitriles is 3. The first-order chi connectivity index (χ1) is 8.81. The van der Waals surface area contributed by atoms with Crippen LogP contribution in [0.15, 0.2) is 35.2 Å². The minimum Gasteiger partial charge on any atom is -0.344 e. The van der Waals surface area contributed by atoms with Gasteiger partial charge in [0.1, 0.15) is 28.8 Å². The first-order valence-corrected chi connectivity index (χ1v) is 5.81. The molecule has 0 aliphatic carbocycles. The van der Waals surface area contributed by atoms with Gasteiger partial charge in [-0.3, -0.25) is 0 Å².